The van der Waals surface area contributed by atoms with E-state index < -0.39 is 0 Å². The molecule has 0 fully saturated rings. The molecule has 0 aliphatic heterocycles. The Morgan fingerprint density at radius 2 is 2.00 bits per heavy atom. The Bertz CT molecular complexity index is 887. The van der Waals surface area contributed by atoms with E-state index in [1.807, 2.05) is 62.0 Å². The largest absolute Gasteiger partial charge is 0.419 e. The van der Waals surface area contributed by atoms with Gasteiger partial charge in [-0.3, -0.25) is 0 Å². The first-order valence-corrected chi connectivity index (χ1v) is 8.82. The Balaban J connectivity index is 1.65. The van der Waals surface area contributed by atoms with Crippen LogP contribution in [-0.4, -0.2) is 37.7 Å². The topological polar surface area (TPSA) is 89.1 Å². The number of rotatable bonds is 6. The van der Waals surface area contributed by atoms with Gasteiger partial charge in [0.1, 0.15) is 12.4 Å². The molecule has 0 bridgehead atoms. The summed E-state index contributed by atoms with van der Waals surface area (Å²) in [6.07, 6.45) is 3.59. The van der Waals surface area contributed by atoms with E-state index >= 15 is 0 Å². The van der Waals surface area contributed by atoms with Gasteiger partial charge in [0.2, 0.25) is 11.8 Å². The maximum absolute atomic E-state index is 12.6. The highest BCUT2D eigenvalue weighted by atomic mass is 16.4. The van der Waals surface area contributed by atoms with Gasteiger partial charge in [-0.05, 0) is 18.1 Å². The molecule has 0 spiro atoms. The van der Waals surface area contributed by atoms with Crippen molar-refractivity contribution in [2.75, 3.05) is 7.05 Å². The number of benzene rings is 1. The smallest absolute Gasteiger partial charge is 0.318 e. The summed E-state index contributed by atoms with van der Waals surface area (Å²) in [6, 6.07) is 9.11. The first-order valence-electron chi connectivity index (χ1n) is 8.82. The van der Waals surface area contributed by atoms with E-state index in [0.29, 0.717) is 11.8 Å². The van der Waals surface area contributed by atoms with Gasteiger partial charge in [-0.2, -0.15) is 0 Å². The molecule has 1 aromatic carbocycles. The molecule has 0 saturated carbocycles. The molecule has 3 rings (SSSR count). The molecule has 0 saturated heterocycles. The highest BCUT2D eigenvalue weighted by molar-refractivity contribution is 5.74. The summed E-state index contributed by atoms with van der Waals surface area (Å²) in [5, 5.41) is 11.1. The van der Waals surface area contributed by atoms with E-state index in [0.717, 1.165) is 11.4 Å². The maximum Gasteiger partial charge on any atom is 0.318 e. The number of aromatic nitrogens is 4. The molecule has 8 nitrogen and oxygen atoms in total. The Kier molecular flexibility index (Phi) is 5.54. The normalized spacial score (nSPS) is 12.2. The van der Waals surface area contributed by atoms with Gasteiger partial charge in [0.15, 0.2) is 0 Å². The van der Waals surface area contributed by atoms with Crippen LogP contribution in [0.25, 0.3) is 11.5 Å². The molecule has 0 aliphatic rings. The van der Waals surface area contributed by atoms with Crippen molar-refractivity contribution in [1.82, 2.24) is 30.0 Å². The Morgan fingerprint density at radius 3 is 2.63 bits per heavy atom. The van der Waals surface area contributed by atoms with Crippen LogP contribution in [0, 0.1) is 5.92 Å². The third kappa shape index (κ3) is 4.33. The van der Waals surface area contributed by atoms with Crippen LogP contribution in [0.4, 0.5) is 4.79 Å². The molecule has 2 heterocycles. The van der Waals surface area contributed by atoms with Crippen LogP contribution in [0.5, 0.6) is 0 Å². The van der Waals surface area contributed by atoms with Crippen LogP contribution in [0.2, 0.25) is 0 Å². The maximum atomic E-state index is 12.6. The van der Waals surface area contributed by atoms with Crippen molar-refractivity contribution in [3.63, 3.8) is 0 Å². The number of nitrogens with one attached hydrogen (secondary N) is 1. The number of urea groups is 1. The number of aryl methyl sites for hydroxylation is 1. The van der Waals surface area contributed by atoms with Gasteiger partial charge in [0.05, 0.1) is 6.04 Å². The first kappa shape index (κ1) is 18.6. The summed E-state index contributed by atoms with van der Waals surface area (Å²) >= 11 is 0. The lowest BCUT2D eigenvalue weighted by Crippen LogP contribution is -2.41. The van der Waals surface area contributed by atoms with Gasteiger partial charge in [0, 0.05) is 32.1 Å². The monoisotopic (exact) mass is 368 g/mol. The minimum atomic E-state index is -0.226. The quantitative estimate of drug-likeness (QED) is 0.722. The molecule has 8 heteroatoms. The van der Waals surface area contributed by atoms with E-state index in [2.05, 4.69) is 20.5 Å². The third-order valence-electron chi connectivity index (χ3n) is 4.29. The predicted octanol–water partition coefficient (Wildman–Crippen LogP) is 3.01. The molecule has 1 atom stereocenters. The zero-order chi connectivity index (χ0) is 19.4. The summed E-state index contributed by atoms with van der Waals surface area (Å²) in [7, 11) is 3.61. The molecule has 0 unspecified atom stereocenters. The van der Waals surface area contributed by atoms with Crippen LogP contribution in [-0.2, 0) is 13.6 Å². The van der Waals surface area contributed by atoms with Gasteiger partial charge in [-0.25, -0.2) is 9.78 Å². The molecule has 0 radical (unpaired) electrons. The number of hydrogen-bond donors (Lipinski definition) is 1. The van der Waals surface area contributed by atoms with Crippen molar-refractivity contribution in [3.8, 4) is 11.5 Å². The lowest BCUT2D eigenvalue weighted by atomic mass is 10.0. The van der Waals surface area contributed by atoms with Gasteiger partial charge >= 0.3 is 6.03 Å². The highest BCUT2D eigenvalue weighted by Gasteiger charge is 2.24. The van der Waals surface area contributed by atoms with E-state index in [4.69, 9.17) is 4.42 Å². The lowest BCUT2D eigenvalue weighted by molar-refractivity contribution is 0.193. The molecule has 0 aliphatic carbocycles. The van der Waals surface area contributed by atoms with Crippen molar-refractivity contribution in [3.05, 3.63) is 54.4 Å². The van der Waals surface area contributed by atoms with Crippen molar-refractivity contribution in [2.45, 2.75) is 26.4 Å². The van der Waals surface area contributed by atoms with Crippen LogP contribution < -0.4 is 5.32 Å². The molecule has 2 amide bonds. The summed E-state index contributed by atoms with van der Waals surface area (Å²) < 4.78 is 7.59. The molecular weight excluding hydrogens is 344 g/mol. The molecule has 1 N–H and O–H groups in total. The highest BCUT2D eigenvalue weighted by Crippen LogP contribution is 2.21. The fourth-order valence-electron chi connectivity index (χ4n) is 2.74. The third-order valence-corrected chi connectivity index (χ3v) is 4.29. The fourth-order valence-corrected chi connectivity index (χ4v) is 2.74. The summed E-state index contributed by atoms with van der Waals surface area (Å²) in [5.41, 5.74) is 0.845. The van der Waals surface area contributed by atoms with Crippen LogP contribution in [0.3, 0.4) is 0 Å². The first-order chi connectivity index (χ1) is 13.0. The van der Waals surface area contributed by atoms with Crippen molar-refractivity contribution < 1.29 is 9.21 Å². The van der Waals surface area contributed by atoms with Gasteiger partial charge in [0.25, 0.3) is 0 Å². The molecule has 27 heavy (non-hydrogen) atoms. The lowest BCUT2D eigenvalue weighted by Gasteiger charge is -2.25. The second-order valence-corrected chi connectivity index (χ2v) is 6.79. The van der Waals surface area contributed by atoms with Crippen molar-refractivity contribution in [1.29, 1.82) is 0 Å². The minimum Gasteiger partial charge on any atom is -0.419 e. The number of hydrogen-bond acceptors (Lipinski definition) is 5. The van der Waals surface area contributed by atoms with E-state index in [1.165, 1.54) is 4.90 Å². The zero-order valence-corrected chi connectivity index (χ0v) is 16.0. The predicted molar refractivity (Wildman–Crippen MR) is 101 cm³/mol. The summed E-state index contributed by atoms with van der Waals surface area (Å²) in [4.78, 5) is 18.5. The Labute approximate surface area is 158 Å². The van der Waals surface area contributed by atoms with E-state index in [-0.39, 0.29) is 24.5 Å². The van der Waals surface area contributed by atoms with E-state index in [1.54, 1.807) is 13.2 Å². The molecule has 2 aromatic heterocycles. The standard InChI is InChI=1S/C19H24N6O2/c1-13(2)16(17-20-10-11-24(17)3)21-19(26)25(4)12-15-22-23-18(27-15)14-8-6-5-7-9-14/h5-11,13,16H,12H2,1-4H3,(H,21,26)/t16-/m0/s1. The average Bonchev–Trinajstić information content (AvgIpc) is 3.29. The van der Waals surface area contributed by atoms with E-state index in [9.17, 15) is 4.79 Å². The molecule has 142 valence electrons. The number of imidazole rings is 1. The average molecular weight is 368 g/mol. The second kappa shape index (κ2) is 8.03. The van der Waals surface area contributed by atoms with Crippen LogP contribution >= 0.6 is 0 Å². The second-order valence-electron chi connectivity index (χ2n) is 6.79. The van der Waals surface area contributed by atoms with Crippen LogP contribution in [0.15, 0.2) is 47.1 Å². The summed E-state index contributed by atoms with van der Waals surface area (Å²) in [5.74, 6) is 1.82. The van der Waals surface area contributed by atoms with Gasteiger partial charge < -0.3 is 19.2 Å². The van der Waals surface area contributed by atoms with Crippen molar-refractivity contribution in [2.24, 2.45) is 13.0 Å². The van der Waals surface area contributed by atoms with Crippen LogP contribution in [0.1, 0.15) is 31.6 Å². The Morgan fingerprint density at radius 1 is 1.26 bits per heavy atom. The SMILES string of the molecule is CC(C)[C@H](NC(=O)N(C)Cc1nnc(-c2ccccc2)o1)c1nccn1C. The Hall–Kier alpha value is -3.16. The number of carbonyl (C=O) groups is 1. The minimum absolute atomic E-state index is 0.191. The zero-order valence-electron chi connectivity index (χ0n) is 16.0. The van der Waals surface area contributed by atoms with Gasteiger partial charge in [-0.1, -0.05) is 32.0 Å². The number of nitrogens with zero attached hydrogens (tertiary/aromatic N) is 5. The fraction of sp³-hybridized carbons (Fsp3) is 0.368. The van der Waals surface area contributed by atoms with Gasteiger partial charge in [-0.15, -0.1) is 10.2 Å². The number of amides is 2. The van der Waals surface area contributed by atoms with Crippen molar-refractivity contribution >= 4 is 6.03 Å². The number of carbonyl (C=O) groups excluding carboxylic acids is 1. The molecule has 3 aromatic rings. The summed E-state index contributed by atoms with van der Waals surface area (Å²) in [6.45, 7) is 4.31. The molecular formula is C19H24N6O2.